The van der Waals surface area contributed by atoms with Gasteiger partial charge < -0.3 is 50.6 Å². The Labute approximate surface area is 295 Å². The molecule has 0 heterocycles. The summed E-state index contributed by atoms with van der Waals surface area (Å²) in [6.45, 7) is 2.10. The maximum absolute atomic E-state index is 10.3. The van der Waals surface area contributed by atoms with Gasteiger partial charge >= 0.3 is 47.8 Å². The van der Waals surface area contributed by atoms with Crippen LogP contribution in [0, 0.1) is 0 Å². The van der Waals surface area contributed by atoms with Crippen molar-refractivity contribution in [1.82, 2.24) is 19.6 Å². The van der Waals surface area contributed by atoms with Crippen molar-refractivity contribution >= 4 is 47.8 Å². The molecule has 0 spiro atoms. The van der Waals surface area contributed by atoms with Gasteiger partial charge in [0.2, 0.25) is 0 Å². The lowest BCUT2D eigenvalue weighted by Gasteiger charge is -2.21. The number of rotatable bonds is 22. The van der Waals surface area contributed by atoms with E-state index in [2.05, 4.69) is 14.7 Å². The monoisotopic (exact) mass is 768 g/mol. The molecule has 52 heavy (non-hydrogen) atoms. The van der Waals surface area contributed by atoms with Crippen LogP contribution in [0.25, 0.3) is 0 Å². The number of carboxylic acid groups (broad SMARTS) is 8. The average Bonchev–Trinajstić information content (AvgIpc) is 2.94. The summed E-state index contributed by atoms with van der Waals surface area (Å²) in [4.78, 5) is 96.9. The van der Waals surface area contributed by atoms with Gasteiger partial charge in [-0.1, -0.05) is 0 Å². The van der Waals surface area contributed by atoms with E-state index in [0.29, 0.717) is 0 Å². The first kappa shape index (κ1) is 56.2. The van der Waals surface area contributed by atoms with Gasteiger partial charge in [-0.3, -0.25) is 63.6 Å². The zero-order chi connectivity index (χ0) is 42.0. The highest BCUT2D eigenvalue weighted by molar-refractivity contribution is 5.74. The second-order valence-electron chi connectivity index (χ2n) is 9.78. The van der Waals surface area contributed by atoms with Crippen LogP contribution in [0.2, 0.25) is 0 Å². The lowest BCUT2D eigenvalue weighted by molar-refractivity contribution is -0.244. The highest BCUT2D eigenvalue weighted by Gasteiger charge is 2.16. The molecule has 0 aromatic heterocycles. The van der Waals surface area contributed by atoms with Gasteiger partial charge in [-0.05, 0) is 27.8 Å². The predicted octanol–water partition coefficient (Wildman–Crippen LogP) is -2.19. The van der Waals surface area contributed by atoms with Crippen LogP contribution in [0.3, 0.4) is 0 Å². The number of hydrogen-bond donors (Lipinski definition) is 11. The van der Waals surface area contributed by atoms with Crippen LogP contribution < -0.4 is 0 Å². The van der Waals surface area contributed by atoms with Crippen molar-refractivity contribution in [1.29, 1.82) is 0 Å². The zero-order valence-electron chi connectivity index (χ0n) is 28.9. The van der Waals surface area contributed by atoms with E-state index in [1.165, 1.54) is 30.9 Å². The molecule has 0 aliphatic carbocycles. The first-order valence-electron chi connectivity index (χ1n) is 14.0. The Kier molecular flexibility index (Phi) is 38.5. The van der Waals surface area contributed by atoms with E-state index in [1.54, 1.807) is 13.8 Å². The topological polar surface area (TPSA) is 400 Å². The first-order valence-corrected chi connectivity index (χ1v) is 14.0. The molecule has 0 rings (SSSR count). The van der Waals surface area contributed by atoms with Gasteiger partial charge in [-0.15, -0.1) is 0 Å². The molecule has 0 saturated heterocycles. The number of carbonyl (C=O) groups is 8. The summed E-state index contributed by atoms with van der Waals surface area (Å²) in [5.74, 6) is -8.66. The highest BCUT2D eigenvalue weighted by atomic mass is 17.1. The van der Waals surface area contributed by atoms with Gasteiger partial charge in [0.15, 0.2) is 5.76 Å². The molecule has 304 valence electrons. The molecule has 0 aromatic carbocycles. The van der Waals surface area contributed by atoms with E-state index in [1.807, 2.05) is 0 Å². The van der Waals surface area contributed by atoms with Crippen molar-refractivity contribution < 1.29 is 110 Å². The molecule has 0 unspecified atom stereocenters. The molecule has 26 nitrogen and oxygen atoms in total. The third-order valence-electron chi connectivity index (χ3n) is 4.62. The largest absolute Gasteiger partial charge is 0.480 e. The summed E-state index contributed by atoms with van der Waals surface area (Å²) in [5, 5.41) is 89.9. The van der Waals surface area contributed by atoms with E-state index >= 15 is 0 Å². The van der Waals surface area contributed by atoms with Crippen molar-refractivity contribution in [3.63, 3.8) is 0 Å². The maximum Gasteiger partial charge on any atom is 0.323 e. The minimum Gasteiger partial charge on any atom is -0.480 e. The summed E-state index contributed by atoms with van der Waals surface area (Å²) >= 11 is 0. The Morgan fingerprint density at radius 3 is 1.12 bits per heavy atom. The molecule has 0 atom stereocenters. The summed E-state index contributed by atoms with van der Waals surface area (Å²) in [7, 11) is 2.61. The van der Waals surface area contributed by atoms with Crippen molar-refractivity contribution in [3.05, 3.63) is 12.0 Å². The van der Waals surface area contributed by atoms with Gasteiger partial charge in [0.05, 0.1) is 53.0 Å². The fraction of sp³-hybridized carbons (Fsp3) is 0.615. The Balaban J connectivity index is -0.000000185. The molecule has 0 aromatic rings. The summed E-state index contributed by atoms with van der Waals surface area (Å²) in [6, 6.07) is -0.0720. The second-order valence-corrected chi connectivity index (χ2v) is 9.78. The van der Waals surface area contributed by atoms with Crippen LogP contribution in [0.4, 0.5) is 0 Å². The standard InChI is InChI=1S/C7H11NO6.C7H13NO4.C6H11NO6.C5H9NO4.CH4O2/c1-5(14-13)2-8(3-6(9)10)4-7(11)12;1-5(2)8(3-6(9)10)4-7(11)12;8-5(9)3-7(1-2-13-12)4-6(10)11;1-6(2-4(7)8)3-5(9)10;1-3-2/h2,13H,3-4H2,1H3,(H,9,10)(H,11,12);5H,3-4H2,1-2H3,(H,9,10)(H,11,12);12H,1-4H2,(H,8,9)(H,10,11);2-3H2,1H3,(H,7,8)(H,9,10);2H,1H3/b5-2-;;;;. The molecular weight excluding hydrogens is 720 g/mol. The molecular formula is C26H48N4O22. The van der Waals surface area contributed by atoms with E-state index < -0.39 is 73.9 Å². The lowest BCUT2D eigenvalue weighted by Crippen LogP contribution is -2.39. The first-order chi connectivity index (χ1) is 23.9. The van der Waals surface area contributed by atoms with E-state index in [0.717, 1.165) is 16.0 Å². The van der Waals surface area contributed by atoms with Crippen LogP contribution in [0.5, 0.6) is 0 Å². The van der Waals surface area contributed by atoms with Crippen LogP contribution >= 0.6 is 0 Å². The Hall–Kier alpha value is -5.22. The van der Waals surface area contributed by atoms with Gasteiger partial charge in [-0.2, -0.15) is 0 Å². The predicted molar refractivity (Wildman–Crippen MR) is 169 cm³/mol. The van der Waals surface area contributed by atoms with Gasteiger partial charge in [0, 0.05) is 18.8 Å². The van der Waals surface area contributed by atoms with E-state index in [9.17, 15) is 38.4 Å². The minimum absolute atomic E-state index is 0.00694. The quantitative estimate of drug-likeness (QED) is 0.0316. The number of allylic oxidation sites excluding steroid dienone is 1. The Morgan fingerprint density at radius 1 is 0.577 bits per heavy atom. The van der Waals surface area contributed by atoms with Gasteiger partial charge in [-0.25, -0.2) is 15.0 Å². The zero-order valence-corrected chi connectivity index (χ0v) is 28.9. The van der Waals surface area contributed by atoms with E-state index in [-0.39, 0.29) is 51.1 Å². The normalized spacial score (nSPS) is 10.2. The molecule has 0 bridgehead atoms. The smallest absolute Gasteiger partial charge is 0.323 e. The molecule has 0 aliphatic rings. The van der Waals surface area contributed by atoms with Crippen LogP contribution in [-0.4, -0.2) is 210 Å². The van der Waals surface area contributed by atoms with Crippen molar-refractivity contribution in [2.24, 2.45) is 0 Å². The van der Waals surface area contributed by atoms with E-state index in [4.69, 9.17) is 56.6 Å². The SMILES string of the molecule is C/C(=C/N(CC(=O)O)CC(=O)O)OO.CC(C)N(CC(=O)O)CC(=O)O.CN(CC(=O)O)CC(=O)O.COO.O=C(O)CN(CCOO)CC(=O)O. The number of hydrogen-bond acceptors (Lipinski definition) is 18. The highest BCUT2D eigenvalue weighted by Crippen LogP contribution is 1.98. The number of likely N-dealkylation sites (N-methyl/N-ethyl adjacent to an activating group) is 1. The molecule has 11 N–H and O–H groups in total. The third kappa shape index (κ3) is 51.6. The Morgan fingerprint density at radius 2 is 0.885 bits per heavy atom. The number of carboxylic acids is 8. The lowest BCUT2D eigenvalue weighted by atomic mass is 10.3. The van der Waals surface area contributed by atoms with Crippen LogP contribution in [0.15, 0.2) is 12.0 Å². The third-order valence-corrected chi connectivity index (χ3v) is 4.62. The fourth-order valence-corrected chi connectivity index (χ4v) is 2.83. The van der Waals surface area contributed by atoms with Crippen molar-refractivity contribution in [3.8, 4) is 0 Å². The average molecular weight is 769 g/mol. The molecule has 0 fully saturated rings. The van der Waals surface area contributed by atoms with Crippen LogP contribution in [0.1, 0.15) is 20.8 Å². The molecule has 26 heteroatoms. The number of aliphatic carboxylic acids is 8. The molecule has 0 amide bonds. The number of nitrogens with zero attached hydrogens (tertiary/aromatic N) is 4. The summed E-state index contributed by atoms with van der Waals surface area (Å²) < 4.78 is 0. The summed E-state index contributed by atoms with van der Waals surface area (Å²) in [5.41, 5.74) is 0. The van der Waals surface area contributed by atoms with Crippen LogP contribution in [-0.2, 0) is 53.0 Å². The minimum atomic E-state index is -1.17. The molecule has 0 aliphatic heterocycles. The maximum atomic E-state index is 10.3. The van der Waals surface area contributed by atoms with Gasteiger partial charge in [0.1, 0.15) is 13.1 Å². The molecule has 0 saturated carbocycles. The Bertz CT molecular complexity index is 1040. The van der Waals surface area contributed by atoms with Crippen molar-refractivity contribution in [2.45, 2.75) is 26.8 Å². The fourth-order valence-electron chi connectivity index (χ4n) is 2.83. The van der Waals surface area contributed by atoms with Crippen molar-refractivity contribution in [2.75, 3.05) is 79.7 Å². The van der Waals surface area contributed by atoms with Gasteiger partial charge in [0.25, 0.3) is 0 Å². The summed E-state index contributed by atoms with van der Waals surface area (Å²) in [6.07, 6.45) is 1.10. The molecule has 0 radical (unpaired) electrons. The second kappa shape index (κ2) is 35.6.